The summed E-state index contributed by atoms with van der Waals surface area (Å²) >= 11 is 1.45. The highest BCUT2D eigenvalue weighted by Crippen LogP contribution is 2.44. The van der Waals surface area contributed by atoms with Gasteiger partial charge in [0, 0.05) is 16.1 Å². The van der Waals surface area contributed by atoms with Crippen molar-refractivity contribution in [2.24, 2.45) is 0 Å². The fraction of sp³-hybridized carbons (Fsp3) is 0.188. The molecule has 38 heavy (non-hydrogen) atoms. The summed E-state index contributed by atoms with van der Waals surface area (Å²) in [4.78, 5) is 29.1. The lowest BCUT2D eigenvalue weighted by Crippen LogP contribution is -2.29. The Kier molecular flexibility index (Phi) is 6.34. The van der Waals surface area contributed by atoms with E-state index in [4.69, 9.17) is 4.74 Å². The predicted molar refractivity (Wildman–Crippen MR) is 150 cm³/mol. The van der Waals surface area contributed by atoms with Gasteiger partial charge in [-0.25, -0.2) is 0 Å². The van der Waals surface area contributed by atoms with Gasteiger partial charge in [0.15, 0.2) is 0 Å². The lowest BCUT2D eigenvalue weighted by molar-refractivity contribution is -0.132. The molecule has 1 fully saturated rings. The highest BCUT2D eigenvalue weighted by molar-refractivity contribution is 7.10. The molecule has 6 rings (SSSR count). The molecule has 2 heterocycles. The molecule has 2 aliphatic rings. The summed E-state index contributed by atoms with van der Waals surface area (Å²) in [7, 11) is 0. The number of ether oxygens (including phenoxy) is 1. The van der Waals surface area contributed by atoms with Gasteiger partial charge < -0.3 is 9.84 Å². The Morgan fingerprint density at radius 2 is 1.68 bits per heavy atom. The molecule has 4 aromatic rings. The molecule has 0 saturated carbocycles. The first-order valence-corrected chi connectivity index (χ1v) is 13.7. The van der Waals surface area contributed by atoms with E-state index < -0.39 is 17.7 Å². The number of fused-ring (bicyclic) bond motifs is 1. The number of Topliss-reactive ketones (excluding diaryl/α,β-unsaturated/α-hetero) is 1. The number of benzene rings is 3. The minimum absolute atomic E-state index is 0.119. The molecule has 0 bridgehead atoms. The quantitative estimate of drug-likeness (QED) is 0.169. The molecule has 6 heteroatoms. The lowest BCUT2D eigenvalue weighted by Gasteiger charge is -2.24. The van der Waals surface area contributed by atoms with Crippen LogP contribution in [0.4, 0.5) is 5.69 Å². The number of amides is 1. The topological polar surface area (TPSA) is 66.8 Å². The van der Waals surface area contributed by atoms with Gasteiger partial charge in [-0.05, 0) is 103 Å². The van der Waals surface area contributed by atoms with Crippen LogP contribution in [0.5, 0.6) is 11.5 Å². The number of carbonyl (C=O) groups excluding carboxylic acids is 2. The third kappa shape index (κ3) is 4.41. The van der Waals surface area contributed by atoms with Gasteiger partial charge in [-0.1, -0.05) is 30.3 Å². The first-order chi connectivity index (χ1) is 18.5. The number of aryl methyl sites for hydroxylation is 3. The highest BCUT2D eigenvalue weighted by atomic mass is 32.1. The Hall–Kier alpha value is -4.16. The zero-order valence-electron chi connectivity index (χ0n) is 21.0. The second-order valence-electron chi connectivity index (χ2n) is 9.79. The largest absolute Gasteiger partial charge is 0.507 e. The van der Waals surface area contributed by atoms with Crippen molar-refractivity contribution in [2.45, 2.75) is 38.6 Å². The number of ketones is 1. The molecule has 1 aromatic heterocycles. The van der Waals surface area contributed by atoms with Crippen LogP contribution in [0.1, 0.15) is 46.0 Å². The summed E-state index contributed by atoms with van der Waals surface area (Å²) in [6, 6.07) is 23.8. The fourth-order valence-corrected chi connectivity index (χ4v) is 6.16. The highest BCUT2D eigenvalue weighted by Gasteiger charge is 2.47. The van der Waals surface area contributed by atoms with Crippen molar-refractivity contribution in [3.8, 4) is 11.5 Å². The lowest BCUT2D eigenvalue weighted by atomic mass is 9.89. The second kappa shape index (κ2) is 9.95. The Morgan fingerprint density at radius 1 is 0.895 bits per heavy atom. The first kappa shape index (κ1) is 24.2. The third-order valence-corrected chi connectivity index (χ3v) is 8.14. The summed E-state index contributed by atoms with van der Waals surface area (Å²) in [5.41, 5.74) is 4.84. The van der Waals surface area contributed by atoms with E-state index in [2.05, 4.69) is 0 Å². The molecule has 1 amide bonds. The van der Waals surface area contributed by atoms with Gasteiger partial charge in [0.1, 0.15) is 23.3 Å². The van der Waals surface area contributed by atoms with Crippen LogP contribution in [-0.2, 0) is 22.4 Å². The summed E-state index contributed by atoms with van der Waals surface area (Å²) in [5, 5.41) is 13.3. The summed E-state index contributed by atoms with van der Waals surface area (Å²) in [5.74, 6) is -0.120. The summed E-state index contributed by atoms with van der Waals surface area (Å²) in [6.45, 7) is 2.00. The van der Waals surface area contributed by atoms with Crippen LogP contribution >= 0.6 is 11.3 Å². The number of rotatable bonds is 5. The van der Waals surface area contributed by atoms with Crippen molar-refractivity contribution in [3.05, 3.63) is 117 Å². The van der Waals surface area contributed by atoms with E-state index >= 15 is 0 Å². The maximum atomic E-state index is 13.4. The molecule has 3 aromatic carbocycles. The molecular formula is C32H27NO4S. The van der Waals surface area contributed by atoms with Crippen LogP contribution in [0.3, 0.4) is 0 Å². The van der Waals surface area contributed by atoms with Crippen molar-refractivity contribution in [2.75, 3.05) is 4.90 Å². The molecule has 190 valence electrons. The van der Waals surface area contributed by atoms with Gasteiger partial charge in [0.25, 0.3) is 11.7 Å². The molecule has 1 N–H and O–H groups in total. The maximum absolute atomic E-state index is 13.4. The maximum Gasteiger partial charge on any atom is 0.300 e. The van der Waals surface area contributed by atoms with Crippen molar-refractivity contribution >= 4 is 34.5 Å². The molecule has 0 radical (unpaired) electrons. The first-order valence-electron chi connectivity index (χ1n) is 12.8. The molecule has 1 atom stereocenters. The SMILES string of the molecule is Cc1cccc(Oc2ccc(N3C(=O)C(=O)/C(=C(\O)c4ccc5c(c4)CCCC5)C3c3cccs3)cc2)c1. The number of aliphatic hydroxyl groups is 1. The van der Waals surface area contributed by atoms with Gasteiger partial charge in [-0.2, -0.15) is 0 Å². The standard InChI is InChI=1S/C32H27NO4S/c1-20-6-4-9-26(18-20)37-25-15-13-24(14-16-25)33-29(27-10-5-17-38-27)28(31(35)32(33)36)30(34)23-12-11-21-7-2-3-8-22(21)19-23/h4-6,9-19,29,34H,2-3,7-8H2,1H3/b30-28-. The number of hydrogen-bond donors (Lipinski definition) is 1. The molecule has 1 aliphatic carbocycles. The molecule has 1 aliphatic heterocycles. The Bertz CT molecular complexity index is 1550. The molecule has 1 unspecified atom stereocenters. The zero-order valence-corrected chi connectivity index (χ0v) is 21.8. The predicted octanol–water partition coefficient (Wildman–Crippen LogP) is 7.35. The number of aliphatic hydroxyl groups excluding tert-OH is 1. The van der Waals surface area contributed by atoms with Crippen LogP contribution in [0.2, 0.25) is 0 Å². The normalized spacial score (nSPS) is 18.4. The number of nitrogens with zero attached hydrogens (tertiary/aromatic N) is 1. The van der Waals surface area contributed by atoms with Crippen LogP contribution in [0.25, 0.3) is 5.76 Å². The van der Waals surface area contributed by atoms with Crippen molar-refractivity contribution in [1.29, 1.82) is 0 Å². The monoisotopic (exact) mass is 521 g/mol. The van der Waals surface area contributed by atoms with Gasteiger partial charge in [-0.3, -0.25) is 14.5 Å². The van der Waals surface area contributed by atoms with Gasteiger partial charge in [0.05, 0.1) is 5.57 Å². The fourth-order valence-electron chi connectivity index (χ4n) is 5.34. The van der Waals surface area contributed by atoms with Gasteiger partial charge in [0.2, 0.25) is 0 Å². The summed E-state index contributed by atoms with van der Waals surface area (Å²) < 4.78 is 5.97. The Labute approximate surface area is 225 Å². The zero-order chi connectivity index (χ0) is 26.2. The molecule has 5 nitrogen and oxygen atoms in total. The number of hydrogen-bond acceptors (Lipinski definition) is 5. The smallest absolute Gasteiger partial charge is 0.300 e. The average molecular weight is 522 g/mol. The Balaban J connectivity index is 1.38. The number of anilines is 1. The van der Waals surface area contributed by atoms with E-state index in [1.807, 2.05) is 66.9 Å². The van der Waals surface area contributed by atoms with Crippen LogP contribution in [0, 0.1) is 6.92 Å². The van der Waals surface area contributed by atoms with Crippen LogP contribution < -0.4 is 9.64 Å². The van der Waals surface area contributed by atoms with E-state index in [-0.39, 0.29) is 11.3 Å². The van der Waals surface area contributed by atoms with E-state index in [9.17, 15) is 14.7 Å². The third-order valence-electron chi connectivity index (χ3n) is 7.22. The van der Waals surface area contributed by atoms with E-state index in [1.54, 1.807) is 24.3 Å². The van der Waals surface area contributed by atoms with Crippen LogP contribution in [-0.4, -0.2) is 16.8 Å². The van der Waals surface area contributed by atoms with Gasteiger partial charge in [-0.15, -0.1) is 11.3 Å². The average Bonchev–Trinajstić information content (AvgIpc) is 3.55. The van der Waals surface area contributed by atoms with Gasteiger partial charge >= 0.3 is 0 Å². The van der Waals surface area contributed by atoms with Crippen LogP contribution in [0.15, 0.2) is 89.8 Å². The van der Waals surface area contributed by atoms with Crippen molar-refractivity contribution in [3.63, 3.8) is 0 Å². The van der Waals surface area contributed by atoms with E-state index in [0.717, 1.165) is 41.9 Å². The van der Waals surface area contributed by atoms with E-state index in [0.29, 0.717) is 17.0 Å². The minimum Gasteiger partial charge on any atom is -0.507 e. The minimum atomic E-state index is -0.713. The number of thiophene rings is 1. The van der Waals surface area contributed by atoms with E-state index in [1.165, 1.54) is 27.4 Å². The number of carbonyl (C=O) groups is 2. The summed E-state index contributed by atoms with van der Waals surface area (Å²) in [6.07, 6.45) is 4.26. The van der Waals surface area contributed by atoms with Crippen molar-refractivity contribution < 1.29 is 19.4 Å². The second-order valence-corrected chi connectivity index (χ2v) is 10.8. The molecule has 1 saturated heterocycles. The molecule has 0 spiro atoms. The Morgan fingerprint density at radius 3 is 2.42 bits per heavy atom. The molecular weight excluding hydrogens is 494 g/mol. The van der Waals surface area contributed by atoms with Crippen molar-refractivity contribution in [1.82, 2.24) is 0 Å².